The van der Waals surface area contributed by atoms with Crippen LogP contribution < -0.4 is 5.43 Å². The lowest BCUT2D eigenvalue weighted by molar-refractivity contribution is -0.384. The van der Waals surface area contributed by atoms with Crippen LogP contribution in [0.15, 0.2) is 53.6 Å². The lowest BCUT2D eigenvalue weighted by Crippen LogP contribution is -2.18. The molecular weight excluding hydrogens is 302 g/mol. The summed E-state index contributed by atoms with van der Waals surface area (Å²) in [5.74, 6) is -0.0148. The third-order valence-electron chi connectivity index (χ3n) is 3.25. The van der Waals surface area contributed by atoms with Gasteiger partial charge < -0.3 is 5.11 Å². The molecule has 0 saturated carbocycles. The van der Waals surface area contributed by atoms with Crippen molar-refractivity contribution in [1.82, 2.24) is 5.43 Å². The summed E-state index contributed by atoms with van der Waals surface area (Å²) in [5.41, 5.74) is 4.48. The average molecular weight is 315 g/mol. The summed E-state index contributed by atoms with van der Waals surface area (Å²) < 4.78 is 0. The van der Waals surface area contributed by atoms with E-state index in [-0.39, 0.29) is 16.8 Å². The number of rotatable bonds is 4. The van der Waals surface area contributed by atoms with Gasteiger partial charge in [-0.05, 0) is 11.6 Å². The number of phenols is 1. The van der Waals surface area contributed by atoms with E-state index in [9.17, 15) is 15.2 Å². The molecule has 2 N–H and O–H groups in total. The van der Waals surface area contributed by atoms with Gasteiger partial charge in [0.15, 0.2) is 0 Å². The number of nitro benzene ring substituents is 1. The number of hydrogen-bond acceptors (Lipinski definition) is 6. The number of nitrogens with one attached hydrogen (secondary N) is 1. The van der Waals surface area contributed by atoms with Gasteiger partial charge in [0, 0.05) is 18.6 Å². The van der Waals surface area contributed by atoms with E-state index in [4.69, 9.17) is 0 Å². The first kappa shape index (κ1) is 14.4. The Morgan fingerprint density at radius 3 is 2.77 bits per heavy atom. The summed E-state index contributed by atoms with van der Waals surface area (Å²) in [6.45, 7) is 0. The van der Waals surface area contributed by atoms with E-state index in [0.29, 0.717) is 10.6 Å². The number of hydrazone groups is 1. The maximum atomic E-state index is 10.8. The van der Waals surface area contributed by atoms with Crippen molar-refractivity contribution in [2.45, 2.75) is 11.8 Å². The van der Waals surface area contributed by atoms with Crippen LogP contribution in [-0.2, 0) is 6.42 Å². The minimum atomic E-state index is -0.488. The molecule has 6 nitrogen and oxygen atoms in total. The van der Waals surface area contributed by atoms with Gasteiger partial charge in [-0.3, -0.25) is 15.5 Å². The van der Waals surface area contributed by atoms with Gasteiger partial charge in [0.1, 0.15) is 10.8 Å². The first-order valence-corrected chi connectivity index (χ1v) is 7.53. The summed E-state index contributed by atoms with van der Waals surface area (Å²) in [7, 11) is 0. The van der Waals surface area contributed by atoms with Crippen LogP contribution in [0.1, 0.15) is 11.1 Å². The molecule has 1 heterocycles. The fourth-order valence-electron chi connectivity index (χ4n) is 2.17. The van der Waals surface area contributed by atoms with Crippen LogP contribution in [0.5, 0.6) is 5.75 Å². The van der Waals surface area contributed by atoms with E-state index < -0.39 is 4.92 Å². The van der Waals surface area contributed by atoms with Gasteiger partial charge in [0.05, 0.1) is 15.9 Å². The maximum absolute atomic E-state index is 10.8. The lowest BCUT2D eigenvalue weighted by Gasteiger charge is -2.09. The second-order valence-corrected chi connectivity index (χ2v) is 5.99. The normalized spacial score (nSPS) is 16.9. The molecule has 0 fully saturated rings. The van der Waals surface area contributed by atoms with Gasteiger partial charge in [0.25, 0.3) is 5.69 Å². The first-order valence-electron chi connectivity index (χ1n) is 6.65. The zero-order valence-electron chi connectivity index (χ0n) is 11.5. The van der Waals surface area contributed by atoms with E-state index in [1.165, 1.54) is 35.5 Å². The second kappa shape index (κ2) is 6.07. The predicted octanol–water partition coefficient (Wildman–Crippen LogP) is 2.87. The zero-order valence-corrected chi connectivity index (χ0v) is 12.3. The Morgan fingerprint density at radius 1 is 1.27 bits per heavy atom. The molecule has 0 aromatic heterocycles. The van der Waals surface area contributed by atoms with Crippen molar-refractivity contribution >= 4 is 22.5 Å². The Hall–Kier alpha value is -2.54. The molecule has 0 saturated heterocycles. The molecule has 1 aliphatic heterocycles. The Bertz CT molecular complexity index is 734. The monoisotopic (exact) mass is 315 g/mol. The van der Waals surface area contributed by atoms with Crippen LogP contribution >= 0.6 is 11.8 Å². The van der Waals surface area contributed by atoms with Gasteiger partial charge >= 0.3 is 0 Å². The Labute approximate surface area is 131 Å². The molecule has 7 heteroatoms. The number of nitrogens with zero attached hydrogens (tertiary/aromatic N) is 2. The topological polar surface area (TPSA) is 87.8 Å². The quantitative estimate of drug-likeness (QED) is 0.669. The molecule has 0 amide bonds. The fraction of sp³-hybridized carbons (Fsp3) is 0.133. The van der Waals surface area contributed by atoms with Crippen molar-refractivity contribution in [3.05, 3.63) is 69.8 Å². The number of hydrogen-bond donors (Lipinski definition) is 2. The molecule has 1 unspecified atom stereocenters. The molecule has 2 aromatic rings. The van der Waals surface area contributed by atoms with Crippen molar-refractivity contribution < 1.29 is 10.0 Å². The minimum Gasteiger partial charge on any atom is -0.507 e. The van der Waals surface area contributed by atoms with Gasteiger partial charge in [-0.15, -0.1) is 0 Å². The standard InChI is InChI=1S/C15H13N3O3S/c19-13-7-6-11(18(20)21)9-12(13)15-17-16-14(22-15)8-10-4-2-1-3-5-10/h1-7,9,14,16,19H,8H2. The van der Waals surface area contributed by atoms with Gasteiger partial charge in [-0.2, -0.15) is 5.10 Å². The summed E-state index contributed by atoms with van der Waals surface area (Å²) in [4.78, 5) is 10.4. The highest BCUT2D eigenvalue weighted by atomic mass is 32.2. The van der Waals surface area contributed by atoms with E-state index >= 15 is 0 Å². The molecule has 0 bridgehead atoms. The molecule has 22 heavy (non-hydrogen) atoms. The third kappa shape index (κ3) is 3.04. The van der Waals surface area contributed by atoms with E-state index in [0.717, 1.165) is 6.42 Å². The van der Waals surface area contributed by atoms with Crippen molar-refractivity contribution in [1.29, 1.82) is 0 Å². The average Bonchev–Trinajstić information content (AvgIpc) is 2.97. The fourth-order valence-corrected chi connectivity index (χ4v) is 3.21. The zero-order chi connectivity index (χ0) is 15.5. The predicted molar refractivity (Wildman–Crippen MR) is 86.0 cm³/mol. The second-order valence-electron chi connectivity index (χ2n) is 4.80. The number of aromatic hydroxyl groups is 1. The highest BCUT2D eigenvalue weighted by Gasteiger charge is 2.24. The van der Waals surface area contributed by atoms with Crippen LogP contribution in [0.4, 0.5) is 5.69 Å². The summed E-state index contributed by atoms with van der Waals surface area (Å²) >= 11 is 1.45. The van der Waals surface area contributed by atoms with Crippen LogP contribution in [0.2, 0.25) is 0 Å². The van der Waals surface area contributed by atoms with Crippen molar-refractivity contribution in [2.24, 2.45) is 5.10 Å². The molecule has 1 aliphatic rings. The third-order valence-corrected chi connectivity index (χ3v) is 4.34. The number of nitro groups is 1. The van der Waals surface area contributed by atoms with Gasteiger partial charge in [-0.25, -0.2) is 0 Å². The number of benzene rings is 2. The summed E-state index contributed by atoms with van der Waals surface area (Å²) in [6, 6.07) is 13.9. The number of non-ortho nitro benzene ring substituents is 1. The number of thioether (sulfide) groups is 1. The van der Waals surface area contributed by atoms with Gasteiger partial charge in [0.2, 0.25) is 0 Å². The maximum Gasteiger partial charge on any atom is 0.270 e. The van der Waals surface area contributed by atoms with Gasteiger partial charge in [-0.1, -0.05) is 42.1 Å². The highest BCUT2D eigenvalue weighted by molar-refractivity contribution is 8.15. The molecule has 0 spiro atoms. The smallest absolute Gasteiger partial charge is 0.270 e. The van der Waals surface area contributed by atoms with Crippen LogP contribution in [-0.4, -0.2) is 20.4 Å². The van der Waals surface area contributed by atoms with Crippen molar-refractivity contribution in [2.75, 3.05) is 0 Å². The Morgan fingerprint density at radius 2 is 2.05 bits per heavy atom. The SMILES string of the molecule is O=[N+]([O-])c1ccc(O)c(C2=NNC(Cc3ccccc3)S2)c1. The van der Waals surface area contributed by atoms with Crippen LogP contribution in [0.3, 0.4) is 0 Å². The van der Waals surface area contributed by atoms with Crippen LogP contribution in [0, 0.1) is 10.1 Å². The molecule has 2 aromatic carbocycles. The lowest BCUT2D eigenvalue weighted by atomic mass is 10.1. The molecular formula is C15H13N3O3S. The molecule has 0 radical (unpaired) electrons. The molecule has 3 rings (SSSR count). The summed E-state index contributed by atoms with van der Waals surface area (Å²) in [6.07, 6.45) is 0.772. The van der Waals surface area contributed by atoms with Crippen molar-refractivity contribution in [3.63, 3.8) is 0 Å². The van der Waals surface area contributed by atoms with E-state index in [2.05, 4.69) is 10.5 Å². The molecule has 112 valence electrons. The number of phenolic OH excluding ortho intramolecular Hbond substituents is 1. The first-order chi connectivity index (χ1) is 10.6. The van der Waals surface area contributed by atoms with E-state index in [1.807, 2.05) is 30.3 Å². The minimum absolute atomic E-state index is 0.0148. The van der Waals surface area contributed by atoms with Crippen molar-refractivity contribution in [3.8, 4) is 5.75 Å². The van der Waals surface area contributed by atoms with Crippen LogP contribution in [0.25, 0.3) is 0 Å². The summed E-state index contributed by atoms with van der Waals surface area (Å²) in [5, 5.41) is 25.5. The largest absolute Gasteiger partial charge is 0.507 e. The Balaban J connectivity index is 1.75. The molecule has 1 atom stereocenters. The van der Waals surface area contributed by atoms with E-state index in [1.54, 1.807) is 0 Å². The Kier molecular flexibility index (Phi) is 3.97. The highest BCUT2D eigenvalue weighted by Crippen LogP contribution is 2.31. The molecule has 0 aliphatic carbocycles.